The lowest BCUT2D eigenvalue weighted by atomic mass is 9.89. The quantitative estimate of drug-likeness (QED) is 0.645. The molecule has 0 radical (unpaired) electrons. The van der Waals surface area contributed by atoms with Crippen molar-refractivity contribution in [2.45, 2.75) is 37.7 Å². The molecule has 1 amide bonds. The number of aliphatic hydroxyl groups excluding tert-OH is 1. The van der Waals surface area contributed by atoms with Gasteiger partial charge in [-0.3, -0.25) is 4.79 Å². The van der Waals surface area contributed by atoms with E-state index in [9.17, 15) is 14.3 Å². The molecular weight excluding hydrogens is 391 g/mol. The molecule has 1 N–H and O–H groups in total. The maximum Gasteiger partial charge on any atom is 0.272 e. The van der Waals surface area contributed by atoms with Crippen molar-refractivity contribution in [3.05, 3.63) is 89.0 Å². The van der Waals surface area contributed by atoms with Crippen LogP contribution in [0.4, 0.5) is 4.39 Å². The molecule has 2 aromatic carbocycles. The molecule has 2 aliphatic rings. The molecule has 2 fully saturated rings. The number of pyridine rings is 1. The van der Waals surface area contributed by atoms with Crippen molar-refractivity contribution < 1.29 is 14.3 Å². The summed E-state index contributed by atoms with van der Waals surface area (Å²) >= 11 is 0. The Kier molecular flexibility index (Phi) is 5.28. The lowest BCUT2D eigenvalue weighted by Gasteiger charge is -2.19. The Bertz CT molecular complexity index is 1110. The van der Waals surface area contributed by atoms with Gasteiger partial charge in [-0.15, -0.1) is 0 Å². The van der Waals surface area contributed by atoms with Crippen molar-refractivity contribution in [3.63, 3.8) is 0 Å². The Morgan fingerprint density at radius 2 is 1.87 bits per heavy atom. The van der Waals surface area contributed by atoms with Crippen LogP contribution in [0.15, 0.2) is 60.8 Å². The minimum Gasteiger partial charge on any atom is -0.392 e. The van der Waals surface area contributed by atoms with Gasteiger partial charge >= 0.3 is 0 Å². The lowest BCUT2D eigenvalue weighted by Crippen LogP contribution is -2.29. The Morgan fingerprint density at radius 3 is 2.61 bits per heavy atom. The number of hydrogen-bond acceptors (Lipinski definition) is 3. The zero-order valence-corrected chi connectivity index (χ0v) is 17.3. The van der Waals surface area contributed by atoms with Crippen LogP contribution in [-0.2, 0) is 6.61 Å². The Labute approximate surface area is 181 Å². The van der Waals surface area contributed by atoms with Crippen LogP contribution in [0.1, 0.15) is 58.3 Å². The normalized spacial score (nSPS) is 18.4. The van der Waals surface area contributed by atoms with Crippen LogP contribution in [0.5, 0.6) is 0 Å². The average molecular weight is 416 g/mol. The van der Waals surface area contributed by atoms with Gasteiger partial charge in [0, 0.05) is 19.0 Å². The number of benzene rings is 2. The smallest absolute Gasteiger partial charge is 0.272 e. The van der Waals surface area contributed by atoms with Gasteiger partial charge in [0.1, 0.15) is 11.5 Å². The Balaban J connectivity index is 1.37. The topological polar surface area (TPSA) is 53.4 Å². The van der Waals surface area contributed by atoms with Crippen molar-refractivity contribution in [2.24, 2.45) is 0 Å². The minimum atomic E-state index is -0.452. The van der Waals surface area contributed by atoms with Gasteiger partial charge in [0.25, 0.3) is 5.91 Å². The molecule has 1 aliphatic carbocycles. The predicted octanol–water partition coefficient (Wildman–Crippen LogP) is 4.89. The van der Waals surface area contributed by atoms with Crippen LogP contribution in [-0.4, -0.2) is 34.0 Å². The van der Waals surface area contributed by atoms with Crippen LogP contribution in [0.25, 0.3) is 11.1 Å². The third kappa shape index (κ3) is 3.98. The number of carbonyl (C=O) groups is 1. The van der Waals surface area contributed by atoms with Gasteiger partial charge < -0.3 is 10.0 Å². The monoisotopic (exact) mass is 416 g/mol. The molecule has 1 aliphatic heterocycles. The second kappa shape index (κ2) is 8.23. The standard InChI is InChI=1S/C26H25FN2O2/c27-21-8-10-25(28-14-21)26(31)29-12-11-19(15-29)22-9-7-18(13-20(22)16-30)24-4-2-1-3-23(24)17-5-6-17/h1-4,7-10,13-14,17,19,30H,5-6,11-12,15-16H2. The van der Waals surface area contributed by atoms with Crippen LogP contribution in [0.2, 0.25) is 0 Å². The maximum atomic E-state index is 13.1. The summed E-state index contributed by atoms with van der Waals surface area (Å²) in [5, 5.41) is 10.1. The van der Waals surface area contributed by atoms with Crippen molar-refractivity contribution in [3.8, 4) is 11.1 Å². The SMILES string of the molecule is O=C(c1ccc(F)cn1)N1CCC(c2ccc(-c3ccccc3C3CC3)cc2CO)C1. The van der Waals surface area contributed by atoms with Crippen LogP contribution in [0.3, 0.4) is 0 Å². The zero-order chi connectivity index (χ0) is 21.4. The van der Waals surface area contributed by atoms with Gasteiger partial charge in [-0.05, 0) is 71.2 Å². The third-order valence-corrected chi connectivity index (χ3v) is 6.46. The fourth-order valence-corrected chi connectivity index (χ4v) is 4.68. The summed E-state index contributed by atoms with van der Waals surface area (Å²) in [6, 6.07) is 17.6. The summed E-state index contributed by atoms with van der Waals surface area (Å²) < 4.78 is 13.1. The van der Waals surface area contributed by atoms with E-state index in [1.165, 1.54) is 36.1 Å². The van der Waals surface area contributed by atoms with E-state index in [1.54, 1.807) is 4.90 Å². The molecule has 5 rings (SSSR count). The number of hydrogen-bond donors (Lipinski definition) is 1. The molecule has 1 aromatic heterocycles. The number of halogens is 1. The molecule has 4 nitrogen and oxygen atoms in total. The van der Waals surface area contributed by atoms with Crippen molar-refractivity contribution >= 4 is 5.91 Å². The average Bonchev–Trinajstić information content (AvgIpc) is 3.55. The fourth-order valence-electron chi connectivity index (χ4n) is 4.68. The Morgan fingerprint density at radius 1 is 1.03 bits per heavy atom. The van der Waals surface area contributed by atoms with Gasteiger partial charge in [-0.1, -0.05) is 36.4 Å². The first-order valence-corrected chi connectivity index (χ1v) is 10.9. The van der Waals surface area contributed by atoms with Crippen molar-refractivity contribution in [1.82, 2.24) is 9.88 Å². The van der Waals surface area contributed by atoms with E-state index in [-0.39, 0.29) is 24.1 Å². The highest BCUT2D eigenvalue weighted by molar-refractivity contribution is 5.92. The van der Waals surface area contributed by atoms with E-state index in [2.05, 4.69) is 47.4 Å². The molecule has 31 heavy (non-hydrogen) atoms. The first-order chi connectivity index (χ1) is 15.1. The molecule has 5 heteroatoms. The highest BCUT2D eigenvalue weighted by atomic mass is 19.1. The number of likely N-dealkylation sites (tertiary alicyclic amines) is 1. The molecule has 1 saturated carbocycles. The molecule has 0 bridgehead atoms. The molecule has 158 valence electrons. The summed E-state index contributed by atoms with van der Waals surface area (Å²) in [5.41, 5.74) is 6.05. The van der Waals surface area contributed by atoms with Gasteiger partial charge in [0.05, 0.1) is 12.8 Å². The molecule has 1 atom stereocenters. The van der Waals surface area contributed by atoms with Crippen LogP contribution < -0.4 is 0 Å². The molecule has 1 saturated heterocycles. The zero-order valence-electron chi connectivity index (χ0n) is 17.3. The van der Waals surface area contributed by atoms with Crippen molar-refractivity contribution in [2.75, 3.05) is 13.1 Å². The van der Waals surface area contributed by atoms with E-state index in [4.69, 9.17) is 0 Å². The summed E-state index contributed by atoms with van der Waals surface area (Å²) in [5.74, 6) is 0.192. The predicted molar refractivity (Wildman–Crippen MR) is 117 cm³/mol. The van der Waals surface area contributed by atoms with E-state index in [1.807, 2.05) is 0 Å². The number of aromatic nitrogens is 1. The second-order valence-corrected chi connectivity index (χ2v) is 8.53. The van der Waals surface area contributed by atoms with Gasteiger partial charge in [0.15, 0.2) is 0 Å². The molecule has 2 heterocycles. The van der Waals surface area contributed by atoms with E-state index >= 15 is 0 Å². The highest BCUT2D eigenvalue weighted by Gasteiger charge is 2.30. The van der Waals surface area contributed by atoms with Gasteiger partial charge in [-0.2, -0.15) is 0 Å². The number of nitrogens with zero attached hydrogens (tertiary/aromatic N) is 2. The number of rotatable bonds is 5. The van der Waals surface area contributed by atoms with Crippen LogP contribution >= 0.6 is 0 Å². The van der Waals surface area contributed by atoms with Crippen molar-refractivity contribution in [1.29, 1.82) is 0 Å². The van der Waals surface area contributed by atoms with Crippen LogP contribution in [0, 0.1) is 5.82 Å². The van der Waals surface area contributed by atoms with E-state index < -0.39 is 5.82 Å². The van der Waals surface area contributed by atoms with Gasteiger partial charge in [-0.25, -0.2) is 9.37 Å². The molecule has 1 unspecified atom stereocenters. The summed E-state index contributed by atoms with van der Waals surface area (Å²) in [7, 11) is 0. The number of amides is 1. The third-order valence-electron chi connectivity index (χ3n) is 6.46. The lowest BCUT2D eigenvalue weighted by molar-refractivity contribution is 0.0785. The number of carbonyl (C=O) groups excluding carboxylic acids is 1. The Hall–Kier alpha value is -3.05. The first-order valence-electron chi connectivity index (χ1n) is 10.9. The maximum absolute atomic E-state index is 13.1. The second-order valence-electron chi connectivity index (χ2n) is 8.53. The summed E-state index contributed by atoms with van der Waals surface area (Å²) in [4.78, 5) is 18.4. The summed E-state index contributed by atoms with van der Waals surface area (Å²) in [6.07, 6.45) is 4.40. The van der Waals surface area contributed by atoms with E-state index in [0.29, 0.717) is 19.0 Å². The number of aliphatic hydroxyl groups is 1. The molecule has 0 spiro atoms. The molecule has 3 aromatic rings. The summed E-state index contributed by atoms with van der Waals surface area (Å²) in [6.45, 7) is 1.17. The van der Waals surface area contributed by atoms with Gasteiger partial charge in [0.2, 0.25) is 0 Å². The fraction of sp³-hybridized carbons (Fsp3) is 0.308. The first kappa shape index (κ1) is 19.9. The van der Waals surface area contributed by atoms with E-state index in [0.717, 1.165) is 29.3 Å². The minimum absolute atomic E-state index is 0.0290. The highest BCUT2D eigenvalue weighted by Crippen LogP contribution is 2.44. The largest absolute Gasteiger partial charge is 0.392 e. The molecular formula is C26H25FN2O2.